The van der Waals surface area contributed by atoms with E-state index in [9.17, 15) is 0 Å². The monoisotopic (exact) mass is 345 g/mol. The van der Waals surface area contributed by atoms with E-state index in [1.54, 1.807) is 0 Å². The molecule has 0 spiro atoms. The molecule has 4 heteroatoms. The Balaban J connectivity index is 2.10. The summed E-state index contributed by atoms with van der Waals surface area (Å²) in [7, 11) is 0. The van der Waals surface area contributed by atoms with Gasteiger partial charge in [0.2, 0.25) is 0 Å². The molecule has 2 N–H and O–H groups in total. The molecule has 1 heterocycles. The molecule has 1 aromatic carbocycles. The predicted octanol–water partition coefficient (Wildman–Crippen LogP) is 4.76. The summed E-state index contributed by atoms with van der Waals surface area (Å²) in [5.74, 6) is 1.79. The molecule has 21 heavy (non-hydrogen) atoms. The van der Waals surface area contributed by atoms with Crippen molar-refractivity contribution in [2.24, 2.45) is 0 Å². The fraction of sp³-hybridized carbons (Fsp3) is 0.412. The second-order valence-electron chi connectivity index (χ2n) is 5.99. The topological polar surface area (TPSA) is 51.8 Å². The van der Waals surface area contributed by atoms with Crippen LogP contribution in [0.5, 0.6) is 0 Å². The summed E-state index contributed by atoms with van der Waals surface area (Å²) in [6, 6.07) is 6.39. The molecule has 1 aromatic heterocycles. The Kier molecular flexibility index (Phi) is 3.98. The van der Waals surface area contributed by atoms with Gasteiger partial charge in [0.15, 0.2) is 5.82 Å². The standard InChI is InChI=1S/C17H20BrN3/c1-10-7-11(2)9-13(8-10)17-20-15(12-5-3-4-6-12)14(18)16(19)21-17/h7-9,12H,3-6H2,1-2H3,(H2,19,20,21). The van der Waals surface area contributed by atoms with Crippen LogP contribution in [0.25, 0.3) is 11.4 Å². The number of nitrogen functional groups attached to an aromatic ring is 1. The summed E-state index contributed by atoms with van der Waals surface area (Å²) in [6.45, 7) is 4.19. The van der Waals surface area contributed by atoms with Crippen molar-refractivity contribution in [2.75, 3.05) is 5.73 Å². The third-order valence-corrected chi connectivity index (χ3v) is 4.94. The fourth-order valence-corrected chi connectivity index (χ4v) is 3.69. The highest BCUT2D eigenvalue weighted by Crippen LogP contribution is 2.39. The highest BCUT2D eigenvalue weighted by molar-refractivity contribution is 9.10. The first-order valence-electron chi connectivity index (χ1n) is 7.46. The van der Waals surface area contributed by atoms with Crippen LogP contribution in [0, 0.1) is 13.8 Å². The number of anilines is 1. The van der Waals surface area contributed by atoms with E-state index in [4.69, 9.17) is 10.7 Å². The van der Waals surface area contributed by atoms with E-state index in [0.29, 0.717) is 11.7 Å². The number of aryl methyl sites for hydroxylation is 2. The van der Waals surface area contributed by atoms with E-state index in [-0.39, 0.29) is 0 Å². The SMILES string of the molecule is Cc1cc(C)cc(-c2nc(N)c(Br)c(C3CCCC3)n2)c1. The molecule has 0 bridgehead atoms. The fourth-order valence-electron chi connectivity index (χ4n) is 3.19. The zero-order chi connectivity index (χ0) is 15.0. The number of hydrogen-bond donors (Lipinski definition) is 1. The quantitative estimate of drug-likeness (QED) is 0.853. The molecule has 1 saturated carbocycles. The van der Waals surface area contributed by atoms with Crippen molar-refractivity contribution in [3.8, 4) is 11.4 Å². The Morgan fingerprint density at radius 1 is 1.05 bits per heavy atom. The van der Waals surface area contributed by atoms with Crippen LogP contribution in [0.1, 0.15) is 48.4 Å². The smallest absolute Gasteiger partial charge is 0.161 e. The Labute approximate surface area is 134 Å². The lowest BCUT2D eigenvalue weighted by molar-refractivity contribution is 0.691. The number of nitrogens with two attached hydrogens (primary N) is 1. The van der Waals surface area contributed by atoms with Crippen LogP contribution in [0.15, 0.2) is 22.7 Å². The van der Waals surface area contributed by atoms with Gasteiger partial charge in [0.05, 0.1) is 10.2 Å². The summed E-state index contributed by atoms with van der Waals surface area (Å²) in [5, 5.41) is 0. The molecular weight excluding hydrogens is 326 g/mol. The van der Waals surface area contributed by atoms with Gasteiger partial charge in [-0.3, -0.25) is 0 Å². The van der Waals surface area contributed by atoms with Gasteiger partial charge in [-0.25, -0.2) is 9.97 Å². The molecule has 0 amide bonds. The number of aromatic nitrogens is 2. The van der Waals surface area contributed by atoms with Crippen molar-refractivity contribution < 1.29 is 0 Å². The van der Waals surface area contributed by atoms with Gasteiger partial charge in [0.1, 0.15) is 5.82 Å². The normalized spacial score (nSPS) is 15.6. The minimum Gasteiger partial charge on any atom is -0.383 e. The zero-order valence-corrected chi connectivity index (χ0v) is 14.1. The molecule has 0 atom stereocenters. The maximum atomic E-state index is 6.10. The van der Waals surface area contributed by atoms with Gasteiger partial charge in [-0.1, -0.05) is 30.0 Å². The van der Waals surface area contributed by atoms with Crippen LogP contribution in [0.3, 0.4) is 0 Å². The second-order valence-corrected chi connectivity index (χ2v) is 6.78. The molecule has 0 radical (unpaired) electrons. The summed E-state index contributed by atoms with van der Waals surface area (Å²) < 4.78 is 0.877. The van der Waals surface area contributed by atoms with Crippen LogP contribution in [0.2, 0.25) is 0 Å². The van der Waals surface area contributed by atoms with Crippen LogP contribution in [-0.4, -0.2) is 9.97 Å². The summed E-state index contributed by atoms with van der Waals surface area (Å²) >= 11 is 3.58. The lowest BCUT2D eigenvalue weighted by Gasteiger charge is -2.14. The average Bonchev–Trinajstić information content (AvgIpc) is 2.94. The molecule has 0 unspecified atom stereocenters. The van der Waals surface area contributed by atoms with Crippen molar-refractivity contribution in [2.45, 2.75) is 45.4 Å². The van der Waals surface area contributed by atoms with Gasteiger partial charge >= 0.3 is 0 Å². The molecule has 0 aliphatic heterocycles. The number of hydrogen-bond acceptors (Lipinski definition) is 3. The molecule has 3 nitrogen and oxygen atoms in total. The molecule has 1 fully saturated rings. The molecule has 1 aliphatic carbocycles. The zero-order valence-electron chi connectivity index (χ0n) is 12.5. The average molecular weight is 346 g/mol. The van der Waals surface area contributed by atoms with Crippen LogP contribution >= 0.6 is 15.9 Å². The van der Waals surface area contributed by atoms with Crippen molar-refractivity contribution in [1.82, 2.24) is 9.97 Å². The second kappa shape index (κ2) is 5.76. The molecule has 3 rings (SSSR count). The Bertz CT molecular complexity index is 656. The number of halogens is 1. The highest BCUT2D eigenvalue weighted by atomic mass is 79.9. The number of rotatable bonds is 2. The van der Waals surface area contributed by atoms with Gasteiger partial charge in [0.25, 0.3) is 0 Å². The van der Waals surface area contributed by atoms with Gasteiger partial charge in [-0.2, -0.15) is 0 Å². The largest absolute Gasteiger partial charge is 0.383 e. The van der Waals surface area contributed by atoms with Crippen LogP contribution in [0.4, 0.5) is 5.82 Å². The van der Waals surface area contributed by atoms with E-state index in [0.717, 1.165) is 21.6 Å². The maximum Gasteiger partial charge on any atom is 0.161 e. The summed E-state index contributed by atoms with van der Waals surface area (Å²) in [4.78, 5) is 9.31. The third kappa shape index (κ3) is 2.95. The first-order valence-corrected chi connectivity index (χ1v) is 8.25. The summed E-state index contributed by atoms with van der Waals surface area (Å²) in [5.41, 5.74) is 10.7. The Morgan fingerprint density at radius 2 is 1.67 bits per heavy atom. The molecule has 1 aliphatic rings. The van der Waals surface area contributed by atoms with Gasteiger partial charge in [-0.15, -0.1) is 0 Å². The van der Waals surface area contributed by atoms with Gasteiger partial charge in [-0.05, 0) is 54.8 Å². The number of benzene rings is 1. The Hall–Kier alpha value is -1.42. The van der Waals surface area contributed by atoms with E-state index < -0.39 is 0 Å². The van der Waals surface area contributed by atoms with E-state index in [2.05, 4.69) is 53.0 Å². The maximum absolute atomic E-state index is 6.10. The minimum absolute atomic E-state index is 0.509. The Morgan fingerprint density at radius 3 is 2.29 bits per heavy atom. The molecule has 0 saturated heterocycles. The predicted molar refractivity (Wildman–Crippen MR) is 90.3 cm³/mol. The lowest BCUT2D eigenvalue weighted by Crippen LogP contribution is -2.06. The third-order valence-electron chi connectivity index (χ3n) is 4.12. The van der Waals surface area contributed by atoms with Gasteiger partial charge in [0, 0.05) is 11.5 Å². The highest BCUT2D eigenvalue weighted by Gasteiger charge is 2.23. The van der Waals surface area contributed by atoms with Crippen molar-refractivity contribution in [3.63, 3.8) is 0 Å². The van der Waals surface area contributed by atoms with E-state index in [1.165, 1.54) is 36.8 Å². The van der Waals surface area contributed by atoms with E-state index >= 15 is 0 Å². The van der Waals surface area contributed by atoms with Crippen molar-refractivity contribution in [1.29, 1.82) is 0 Å². The van der Waals surface area contributed by atoms with Gasteiger partial charge < -0.3 is 5.73 Å². The van der Waals surface area contributed by atoms with Crippen LogP contribution in [-0.2, 0) is 0 Å². The molecular formula is C17H20BrN3. The van der Waals surface area contributed by atoms with E-state index in [1.807, 2.05) is 0 Å². The van der Waals surface area contributed by atoms with Crippen molar-refractivity contribution in [3.05, 3.63) is 39.5 Å². The molecule has 110 valence electrons. The lowest BCUT2D eigenvalue weighted by atomic mass is 10.0. The minimum atomic E-state index is 0.509. The molecule has 2 aromatic rings. The number of nitrogens with zero attached hydrogens (tertiary/aromatic N) is 2. The van der Waals surface area contributed by atoms with Crippen molar-refractivity contribution >= 4 is 21.7 Å². The van der Waals surface area contributed by atoms with Crippen LogP contribution < -0.4 is 5.73 Å². The summed E-state index contributed by atoms with van der Waals surface area (Å²) in [6.07, 6.45) is 4.95. The first kappa shape index (κ1) is 14.5. The first-order chi connectivity index (χ1) is 10.0.